The Labute approximate surface area is 157 Å². The van der Waals surface area contributed by atoms with Crippen LogP contribution in [-0.2, 0) is 9.53 Å². The van der Waals surface area contributed by atoms with Crippen molar-refractivity contribution in [3.8, 4) is 5.75 Å². The molecule has 0 aliphatic heterocycles. The van der Waals surface area contributed by atoms with Gasteiger partial charge in [0.25, 0.3) is 0 Å². The van der Waals surface area contributed by atoms with E-state index in [-0.39, 0.29) is 34.4 Å². The van der Waals surface area contributed by atoms with Crippen molar-refractivity contribution in [2.24, 2.45) is 0 Å². The summed E-state index contributed by atoms with van der Waals surface area (Å²) in [5.74, 6) is -1.99. The van der Waals surface area contributed by atoms with Gasteiger partial charge in [-0.15, -0.1) is 0 Å². The summed E-state index contributed by atoms with van der Waals surface area (Å²) in [7, 11) is 1.18. The van der Waals surface area contributed by atoms with E-state index in [1.807, 2.05) is 0 Å². The summed E-state index contributed by atoms with van der Waals surface area (Å²) in [6.45, 7) is 1.49. The normalized spacial score (nSPS) is 12.1. The van der Waals surface area contributed by atoms with Crippen molar-refractivity contribution in [1.29, 1.82) is 0 Å². The molecule has 0 aliphatic carbocycles. The van der Waals surface area contributed by atoms with Gasteiger partial charge in [-0.3, -0.25) is 9.59 Å². The number of methoxy groups -OCH3 is 1. The number of aryl methyl sites for hydroxylation is 1. The molecule has 0 radical (unpaired) electrons. The number of ether oxygens (including phenoxy) is 1. The third-order valence-electron chi connectivity index (χ3n) is 4.17. The lowest BCUT2D eigenvalue weighted by atomic mass is 9.89. The first-order valence-corrected chi connectivity index (χ1v) is 8.31. The van der Waals surface area contributed by atoms with Crippen LogP contribution in [0.3, 0.4) is 0 Å². The average molecular weight is 391 g/mol. The van der Waals surface area contributed by atoms with Crippen LogP contribution in [0.2, 0.25) is 5.02 Å². The van der Waals surface area contributed by atoms with E-state index in [0.717, 1.165) is 6.26 Å². The van der Waals surface area contributed by atoms with Crippen LogP contribution in [0, 0.1) is 6.92 Å². The number of carbonyl (C=O) groups is 1. The molecule has 2 aromatic heterocycles. The van der Waals surface area contributed by atoms with Gasteiger partial charge in [-0.1, -0.05) is 11.6 Å². The van der Waals surface area contributed by atoms with Gasteiger partial charge in [-0.2, -0.15) is 0 Å². The lowest BCUT2D eigenvalue weighted by Gasteiger charge is -2.16. The van der Waals surface area contributed by atoms with E-state index in [0.29, 0.717) is 10.6 Å². The summed E-state index contributed by atoms with van der Waals surface area (Å²) in [6, 6.07) is 5.77. The third kappa shape index (κ3) is 3.59. The number of carbonyl (C=O) groups excluding carboxylic acids is 1. The van der Waals surface area contributed by atoms with Crippen LogP contribution < -0.4 is 11.1 Å². The fourth-order valence-electron chi connectivity index (χ4n) is 2.90. The zero-order chi connectivity index (χ0) is 19.7. The van der Waals surface area contributed by atoms with E-state index in [4.69, 9.17) is 20.4 Å². The Morgan fingerprint density at radius 3 is 2.70 bits per heavy atom. The number of hydrogen-bond acceptors (Lipinski definition) is 7. The predicted molar refractivity (Wildman–Crippen MR) is 97.3 cm³/mol. The van der Waals surface area contributed by atoms with E-state index in [1.54, 1.807) is 6.07 Å². The van der Waals surface area contributed by atoms with Crippen LogP contribution in [0.25, 0.3) is 11.0 Å². The molecule has 2 heterocycles. The molecule has 0 aliphatic rings. The highest BCUT2D eigenvalue weighted by Gasteiger charge is 2.29. The standard InChI is InChI=1S/C19H15ClO7/c1-9-5-14(21)17(19(24)27-9)11(7-16(22)25-2)13-8-26-15-4-3-10(20)6-12(15)18(13)23/h3-6,8,11,21H,7H2,1-2H3/t11-/m0/s1. The molecule has 0 bridgehead atoms. The van der Waals surface area contributed by atoms with Crippen molar-refractivity contribution in [2.75, 3.05) is 7.11 Å². The largest absolute Gasteiger partial charge is 0.507 e. The first kappa shape index (κ1) is 18.7. The molecule has 0 amide bonds. The minimum absolute atomic E-state index is 0.00150. The molecule has 3 rings (SSSR count). The fourth-order valence-corrected chi connectivity index (χ4v) is 3.07. The SMILES string of the molecule is COC(=O)C[C@H](c1c(O)cc(C)oc1=O)c1coc2ccc(Cl)cc2c1=O. The van der Waals surface area contributed by atoms with Gasteiger partial charge in [-0.05, 0) is 25.1 Å². The maximum absolute atomic E-state index is 13.0. The molecular formula is C19H15ClO7. The zero-order valence-corrected chi connectivity index (χ0v) is 15.2. The maximum Gasteiger partial charge on any atom is 0.343 e. The summed E-state index contributed by atoms with van der Waals surface area (Å²) in [4.78, 5) is 37.2. The Kier molecular flexibility index (Phi) is 5.05. The second-order valence-electron chi connectivity index (χ2n) is 5.94. The van der Waals surface area contributed by atoms with Gasteiger partial charge in [-0.25, -0.2) is 4.79 Å². The second kappa shape index (κ2) is 7.28. The molecule has 0 saturated heterocycles. The van der Waals surface area contributed by atoms with Crippen LogP contribution in [0.4, 0.5) is 0 Å². The van der Waals surface area contributed by atoms with Crippen molar-refractivity contribution in [3.05, 3.63) is 73.1 Å². The van der Waals surface area contributed by atoms with Gasteiger partial charge in [0.2, 0.25) is 0 Å². The van der Waals surface area contributed by atoms with Gasteiger partial charge < -0.3 is 18.7 Å². The molecule has 1 aromatic carbocycles. The number of aromatic hydroxyl groups is 1. The summed E-state index contributed by atoms with van der Waals surface area (Å²) < 4.78 is 15.2. The van der Waals surface area contributed by atoms with E-state index >= 15 is 0 Å². The summed E-state index contributed by atoms with van der Waals surface area (Å²) in [5.41, 5.74) is -1.26. The van der Waals surface area contributed by atoms with Crippen LogP contribution >= 0.6 is 11.6 Å². The Balaban J connectivity index is 2.28. The molecule has 0 unspecified atom stereocenters. The fraction of sp³-hybridized carbons (Fsp3) is 0.211. The van der Waals surface area contributed by atoms with Crippen LogP contribution in [0.1, 0.15) is 29.2 Å². The monoisotopic (exact) mass is 390 g/mol. The van der Waals surface area contributed by atoms with Crippen molar-refractivity contribution in [2.45, 2.75) is 19.3 Å². The molecule has 140 valence electrons. The van der Waals surface area contributed by atoms with Crippen LogP contribution in [-0.4, -0.2) is 18.2 Å². The lowest BCUT2D eigenvalue weighted by molar-refractivity contribution is -0.140. The van der Waals surface area contributed by atoms with E-state index < -0.39 is 22.9 Å². The third-order valence-corrected chi connectivity index (χ3v) is 4.41. The van der Waals surface area contributed by atoms with E-state index in [9.17, 15) is 19.5 Å². The predicted octanol–water partition coefficient (Wildman–Crippen LogP) is 3.11. The maximum atomic E-state index is 13.0. The molecule has 3 aromatic rings. The van der Waals surface area contributed by atoms with Crippen molar-refractivity contribution >= 4 is 28.5 Å². The average Bonchev–Trinajstić information content (AvgIpc) is 2.61. The Hall–Kier alpha value is -3.06. The van der Waals surface area contributed by atoms with Gasteiger partial charge in [0, 0.05) is 22.6 Å². The van der Waals surface area contributed by atoms with Gasteiger partial charge >= 0.3 is 11.6 Å². The van der Waals surface area contributed by atoms with Crippen molar-refractivity contribution in [1.82, 2.24) is 0 Å². The number of hydrogen-bond donors (Lipinski definition) is 1. The van der Waals surface area contributed by atoms with E-state index in [2.05, 4.69) is 4.74 Å². The minimum Gasteiger partial charge on any atom is -0.507 e. The second-order valence-corrected chi connectivity index (χ2v) is 6.37. The molecule has 0 fully saturated rings. The zero-order valence-electron chi connectivity index (χ0n) is 14.4. The van der Waals surface area contributed by atoms with Crippen molar-refractivity contribution in [3.63, 3.8) is 0 Å². The Bertz CT molecular complexity index is 1140. The van der Waals surface area contributed by atoms with Crippen LogP contribution in [0.15, 0.2) is 49.0 Å². The molecular weight excluding hydrogens is 376 g/mol. The van der Waals surface area contributed by atoms with Crippen LogP contribution in [0.5, 0.6) is 5.75 Å². The van der Waals surface area contributed by atoms with Crippen molar-refractivity contribution < 1.29 is 23.5 Å². The Morgan fingerprint density at radius 1 is 1.30 bits per heavy atom. The Morgan fingerprint density at radius 2 is 2.04 bits per heavy atom. The minimum atomic E-state index is -1.12. The lowest BCUT2D eigenvalue weighted by Crippen LogP contribution is -2.23. The number of fused-ring (bicyclic) bond motifs is 1. The summed E-state index contributed by atoms with van der Waals surface area (Å²) in [6.07, 6.45) is 0.791. The topological polar surface area (TPSA) is 107 Å². The summed E-state index contributed by atoms with van der Waals surface area (Å²) >= 11 is 5.95. The molecule has 27 heavy (non-hydrogen) atoms. The number of esters is 1. The molecule has 7 nitrogen and oxygen atoms in total. The smallest absolute Gasteiger partial charge is 0.343 e. The highest BCUT2D eigenvalue weighted by atomic mass is 35.5. The molecule has 8 heteroatoms. The number of rotatable bonds is 4. The molecule has 1 atom stereocenters. The van der Waals surface area contributed by atoms with E-state index in [1.165, 1.54) is 32.2 Å². The summed E-state index contributed by atoms with van der Waals surface area (Å²) in [5, 5.41) is 10.8. The van der Waals surface area contributed by atoms with Gasteiger partial charge in [0.05, 0.1) is 30.7 Å². The highest BCUT2D eigenvalue weighted by Crippen LogP contribution is 2.32. The number of benzene rings is 1. The quantitative estimate of drug-likeness (QED) is 0.682. The molecule has 0 spiro atoms. The van der Waals surface area contributed by atoms with Gasteiger partial charge in [0.1, 0.15) is 17.1 Å². The first-order chi connectivity index (χ1) is 12.8. The number of halogens is 1. The van der Waals surface area contributed by atoms with Gasteiger partial charge in [0.15, 0.2) is 5.43 Å². The molecule has 1 N–H and O–H groups in total. The first-order valence-electron chi connectivity index (χ1n) is 7.93. The highest BCUT2D eigenvalue weighted by molar-refractivity contribution is 6.31. The molecule has 0 saturated carbocycles.